The van der Waals surface area contributed by atoms with Gasteiger partial charge in [-0.2, -0.15) is 9.78 Å². The average molecular weight is 452 g/mol. The summed E-state index contributed by atoms with van der Waals surface area (Å²) in [4.78, 5) is 28.3. The molecule has 0 spiro atoms. The number of aryl methyl sites for hydroxylation is 1. The fourth-order valence-electron chi connectivity index (χ4n) is 3.84. The smallest absolute Gasteiger partial charge is 0.270 e. The highest BCUT2D eigenvalue weighted by Crippen LogP contribution is 2.24. The van der Waals surface area contributed by atoms with Crippen LogP contribution in [0.15, 0.2) is 84.9 Å². The molecule has 1 amide bonds. The number of anilines is 1. The average Bonchev–Trinajstić information content (AvgIpc) is 3.39. The molecule has 0 atom stereocenters. The SMILES string of the molecule is Cc1cc(NC(=O)c2cccc([N+](=O)[O-])c2)n(-c2nc3ccccc3n2Cc2ccccc2)n1. The number of nitro groups is 1. The number of rotatable bonds is 6. The molecule has 0 saturated heterocycles. The first-order valence-electron chi connectivity index (χ1n) is 10.6. The van der Waals surface area contributed by atoms with E-state index in [4.69, 9.17) is 4.98 Å². The number of fused-ring (bicyclic) bond motifs is 1. The minimum Gasteiger partial charge on any atom is -0.306 e. The van der Waals surface area contributed by atoms with Crippen LogP contribution in [0.25, 0.3) is 17.0 Å². The molecule has 0 aliphatic heterocycles. The van der Waals surface area contributed by atoms with Crippen LogP contribution in [0, 0.1) is 17.0 Å². The Morgan fingerprint density at radius 3 is 2.56 bits per heavy atom. The lowest BCUT2D eigenvalue weighted by Crippen LogP contribution is -2.17. The number of benzene rings is 3. The summed E-state index contributed by atoms with van der Waals surface area (Å²) in [5.74, 6) is 0.488. The van der Waals surface area contributed by atoms with Crippen molar-refractivity contribution in [3.05, 3.63) is 112 Å². The highest BCUT2D eigenvalue weighted by atomic mass is 16.6. The number of aromatic nitrogens is 4. The number of carbonyl (C=O) groups excluding carboxylic acids is 1. The van der Waals surface area contributed by atoms with Crippen molar-refractivity contribution in [2.24, 2.45) is 0 Å². The third-order valence-electron chi connectivity index (χ3n) is 5.40. The van der Waals surface area contributed by atoms with Gasteiger partial charge < -0.3 is 9.88 Å². The normalized spacial score (nSPS) is 11.0. The van der Waals surface area contributed by atoms with E-state index in [0.29, 0.717) is 24.0 Å². The zero-order chi connectivity index (χ0) is 23.7. The monoisotopic (exact) mass is 452 g/mol. The largest absolute Gasteiger partial charge is 0.306 e. The summed E-state index contributed by atoms with van der Waals surface area (Å²) in [6.07, 6.45) is 0. The van der Waals surface area contributed by atoms with E-state index in [1.165, 1.54) is 24.3 Å². The van der Waals surface area contributed by atoms with Crippen LogP contribution >= 0.6 is 0 Å². The number of para-hydroxylation sites is 2. The highest BCUT2D eigenvalue weighted by molar-refractivity contribution is 6.04. The molecule has 0 fully saturated rings. The minimum atomic E-state index is -0.531. The maximum absolute atomic E-state index is 12.9. The summed E-state index contributed by atoms with van der Waals surface area (Å²) in [5, 5.41) is 18.5. The molecule has 0 radical (unpaired) electrons. The highest BCUT2D eigenvalue weighted by Gasteiger charge is 2.19. The molecule has 0 saturated carbocycles. The fourth-order valence-corrected chi connectivity index (χ4v) is 3.84. The number of amides is 1. The number of nitrogens with one attached hydrogen (secondary N) is 1. The van der Waals surface area contributed by atoms with E-state index < -0.39 is 10.8 Å². The molecule has 5 rings (SSSR count). The second kappa shape index (κ2) is 8.62. The standard InChI is InChI=1S/C25H20N6O3/c1-17-14-23(27-24(32)19-10-7-11-20(15-19)31(33)34)30(28-17)25-26-21-12-5-6-13-22(21)29(25)16-18-8-3-2-4-9-18/h2-15H,16H2,1H3,(H,27,32). The fraction of sp³-hybridized carbons (Fsp3) is 0.0800. The van der Waals surface area contributed by atoms with Crippen LogP contribution in [0.5, 0.6) is 0 Å². The van der Waals surface area contributed by atoms with E-state index in [2.05, 4.69) is 10.4 Å². The first-order valence-corrected chi connectivity index (χ1v) is 10.6. The number of hydrogen-bond acceptors (Lipinski definition) is 5. The van der Waals surface area contributed by atoms with Crippen LogP contribution in [0.1, 0.15) is 21.6 Å². The minimum absolute atomic E-state index is 0.151. The first kappa shape index (κ1) is 21.1. The Labute approximate surface area is 194 Å². The molecular formula is C25H20N6O3. The molecule has 0 bridgehead atoms. The van der Waals surface area contributed by atoms with E-state index in [1.54, 1.807) is 10.7 Å². The van der Waals surface area contributed by atoms with Crippen LogP contribution < -0.4 is 5.32 Å². The molecule has 0 unspecified atom stereocenters. The molecule has 3 aromatic carbocycles. The van der Waals surface area contributed by atoms with Crippen molar-refractivity contribution in [2.75, 3.05) is 5.32 Å². The molecule has 9 heteroatoms. The van der Waals surface area contributed by atoms with Gasteiger partial charge in [-0.3, -0.25) is 14.9 Å². The van der Waals surface area contributed by atoms with E-state index in [-0.39, 0.29) is 11.3 Å². The van der Waals surface area contributed by atoms with E-state index >= 15 is 0 Å². The maximum Gasteiger partial charge on any atom is 0.270 e. The topological polar surface area (TPSA) is 108 Å². The van der Waals surface area contributed by atoms with E-state index in [9.17, 15) is 14.9 Å². The number of hydrogen-bond donors (Lipinski definition) is 1. The van der Waals surface area contributed by atoms with Crippen LogP contribution in [-0.2, 0) is 6.54 Å². The van der Waals surface area contributed by atoms with Gasteiger partial charge in [0.05, 0.1) is 28.2 Å². The number of carbonyl (C=O) groups is 1. The molecule has 5 aromatic rings. The second-order valence-electron chi connectivity index (χ2n) is 7.82. The summed E-state index contributed by atoms with van der Waals surface area (Å²) in [6, 6.07) is 25.1. The zero-order valence-electron chi connectivity index (χ0n) is 18.3. The first-order chi connectivity index (χ1) is 16.5. The number of nitrogens with zero attached hydrogens (tertiary/aromatic N) is 5. The molecule has 0 aliphatic rings. The van der Waals surface area contributed by atoms with Gasteiger partial charge in [0.2, 0.25) is 5.95 Å². The van der Waals surface area contributed by atoms with Gasteiger partial charge in [0.15, 0.2) is 0 Å². The summed E-state index contributed by atoms with van der Waals surface area (Å²) < 4.78 is 3.63. The van der Waals surface area contributed by atoms with Crippen molar-refractivity contribution in [1.29, 1.82) is 0 Å². The predicted octanol–water partition coefficient (Wildman–Crippen LogP) is 4.74. The Bertz CT molecular complexity index is 1520. The molecule has 34 heavy (non-hydrogen) atoms. The molecule has 2 heterocycles. The third-order valence-corrected chi connectivity index (χ3v) is 5.40. The van der Waals surface area contributed by atoms with Gasteiger partial charge in [0, 0.05) is 23.8 Å². The summed E-state index contributed by atoms with van der Waals surface area (Å²) in [7, 11) is 0. The van der Waals surface area contributed by atoms with Crippen LogP contribution in [0.2, 0.25) is 0 Å². The zero-order valence-corrected chi connectivity index (χ0v) is 18.3. The summed E-state index contributed by atoms with van der Waals surface area (Å²) >= 11 is 0. The Balaban J connectivity index is 1.56. The number of nitro benzene ring substituents is 1. The van der Waals surface area contributed by atoms with Gasteiger partial charge in [-0.25, -0.2) is 4.98 Å². The van der Waals surface area contributed by atoms with Gasteiger partial charge in [-0.1, -0.05) is 48.5 Å². The molecule has 168 valence electrons. The van der Waals surface area contributed by atoms with Gasteiger partial charge in [0.25, 0.3) is 11.6 Å². The van der Waals surface area contributed by atoms with Crippen LogP contribution in [-0.4, -0.2) is 30.2 Å². The van der Waals surface area contributed by atoms with Crippen molar-refractivity contribution in [1.82, 2.24) is 19.3 Å². The molecular weight excluding hydrogens is 432 g/mol. The quantitative estimate of drug-likeness (QED) is 0.296. The number of imidazole rings is 1. The van der Waals surface area contributed by atoms with Crippen LogP contribution in [0.4, 0.5) is 11.5 Å². The van der Waals surface area contributed by atoms with Crippen molar-refractivity contribution >= 4 is 28.4 Å². The van der Waals surface area contributed by atoms with Crippen LogP contribution in [0.3, 0.4) is 0 Å². The van der Waals surface area contributed by atoms with Gasteiger partial charge >= 0.3 is 0 Å². The second-order valence-corrected chi connectivity index (χ2v) is 7.82. The Morgan fingerprint density at radius 1 is 1.00 bits per heavy atom. The summed E-state index contributed by atoms with van der Waals surface area (Å²) in [5.41, 5.74) is 3.55. The summed E-state index contributed by atoms with van der Waals surface area (Å²) in [6.45, 7) is 2.39. The third kappa shape index (κ3) is 4.02. The van der Waals surface area contributed by atoms with E-state index in [1.807, 2.05) is 66.1 Å². The molecule has 2 aromatic heterocycles. The maximum atomic E-state index is 12.9. The Kier molecular flexibility index (Phi) is 5.35. The van der Waals surface area contributed by atoms with Crippen molar-refractivity contribution in [3.8, 4) is 5.95 Å². The van der Waals surface area contributed by atoms with Crippen molar-refractivity contribution in [2.45, 2.75) is 13.5 Å². The van der Waals surface area contributed by atoms with Gasteiger partial charge in [-0.05, 0) is 30.7 Å². The number of non-ortho nitro benzene ring substituents is 1. The van der Waals surface area contributed by atoms with E-state index in [0.717, 1.165) is 16.6 Å². The van der Waals surface area contributed by atoms with Gasteiger partial charge in [0.1, 0.15) is 5.82 Å². The Hall–Kier alpha value is -4.79. The lowest BCUT2D eigenvalue weighted by molar-refractivity contribution is -0.384. The lowest BCUT2D eigenvalue weighted by atomic mass is 10.2. The van der Waals surface area contributed by atoms with Gasteiger partial charge in [-0.15, -0.1) is 0 Å². The molecule has 1 N–H and O–H groups in total. The predicted molar refractivity (Wildman–Crippen MR) is 128 cm³/mol. The Morgan fingerprint density at radius 2 is 1.76 bits per heavy atom. The molecule has 0 aliphatic carbocycles. The van der Waals surface area contributed by atoms with Crippen molar-refractivity contribution < 1.29 is 9.72 Å². The molecule has 9 nitrogen and oxygen atoms in total. The lowest BCUT2D eigenvalue weighted by Gasteiger charge is -2.12. The van der Waals surface area contributed by atoms with Crippen molar-refractivity contribution in [3.63, 3.8) is 0 Å².